The van der Waals surface area contributed by atoms with Crippen molar-refractivity contribution >= 4 is 39.4 Å². The van der Waals surface area contributed by atoms with Gasteiger partial charge in [0.2, 0.25) is 5.95 Å². The van der Waals surface area contributed by atoms with E-state index in [9.17, 15) is 9.59 Å². The molecule has 2 aromatic heterocycles. The van der Waals surface area contributed by atoms with E-state index in [1.54, 1.807) is 12.3 Å². The third kappa shape index (κ3) is 3.77. The molecule has 2 heterocycles. The lowest BCUT2D eigenvalue weighted by Crippen LogP contribution is -2.21. The number of carbonyl (C=O) groups excluding carboxylic acids is 2. The number of aromatic nitrogens is 4. The summed E-state index contributed by atoms with van der Waals surface area (Å²) in [5.41, 5.74) is 2.39. The molecule has 0 atom stereocenters. The van der Waals surface area contributed by atoms with E-state index in [1.807, 2.05) is 26.0 Å². The third-order valence-corrected chi connectivity index (χ3v) is 3.96. The van der Waals surface area contributed by atoms with Gasteiger partial charge in [0.1, 0.15) is 5.69 Å². The quantitative estimate of drug-likeness (QED) is 0.536. The molecule has 0 unspecified atom stereocenters. The Bertz CT molecular complexity index is 946. The van der Waals surface area contributed by atoms with Crippen LogP contribution in [-0.4, -0.2) is 31.8 Å². The van der Waals surface area contributed by atoms with E-state index < -0.39 is 11.8 Å². The van der Waals surface area contributed by atoms with Gasteiger partial charge in [-0.3, -0.25) is 14.9 Å². The van der Waals surface area contributed by atoms with E-state index in [0.717, 1.165) is 15.7 Å². The number of anilines is 2. The molecule has 0 saturated carbocycles. The van der Waals surface area contributed by atoms with E-state index in [-0.39, 0.29) is 11.4 Å². The Morgan fingerprint density at radius 2 is 1.92 bits per heavy atom. The Hall–Kier alpha value is -2.94. The number of nitrogens with one attached hydrogen (secondary N) is 4. The lowest BCUT2D eigenvalue weighted by atomic mass is 10.2. The fourth-order valence-corrected chi connectivity index (χ4v) is 2.56. The first-order valence-electron chi connectivity index (χ1n) is 7.38. The van der Waals surface area contributed by atoms with Gasteiger partial charge in [-0.25, -0.2) is 9.97 Å². The summed E-state index contributed by atoms with van der Waals surface area (Å²) in [6.07, 6.45) is 2.89. The number of rotatable bonds is 4. The van der Waals surface area contributed by atoms with E-state index in [2.05, 4.69) is 46.5 Å². The molecule has 128 valence electrons. The number of hydrogen-bond acceptors (Lipinski definition) is 4. The Balaban J connectivity index is 1.79. The molecule has 3 rings (SSSR count). The number of aromatic amines is 2. The first kappa shape index (κ1) is 16.9. The molecule has 25 heavy (non-hydrogen) atoms. The number of nitrogens with zero attached hydrogens (tertiary/aromatic N) is 2. The fourth-order valence-electron chi connectivity index (χ4n) is 2.20. The molecule has 0 radical (unpaired) electrons. The van der Waals surface area contributed by atoms with Crippen LogP contribution in [0.3, 0.4) is 0 Å². The van der Waals surface area contributed by atoms with Crippen molar-refractivity contribution in [2.24, 2.45) is 0 Å². The van der Waals surface area contributed by atoms with Crippen LogP contribution in [0, 0.1) is 13.8 Å². The summed E-state index contributed by atoms with van der Waals surface area (Å²) in [5.74, 6) is -0.697. The standard InChI is InChI=1S/C16H15BrN6O2/c1-8-3-4-10(17)5-11(8)22-14(24)12-13(20-7-19-12)15(25)23-16-18-6-9(2)21-16/h3-7H,1-2H3,(H,19,20)(H,22,24)(H2,18,21,23,25). The average Bonchev–Trinajstić information content (AvgIpc) is 3.20. The second-order valence-corrected chi connectivity index (χ2v) is 6.32. The molecule has 0 aliphatic rings. The molecule has 0 aliphatic carbocycles. The highest BCUT2D eigenvalue weighted by atomic mass is 79.9. The summed E-state index contributed by atoms with van der Waals surface area (Å²) in [6, 6.07) is 5.53. The van der Waals surface area contributed by atoms with Gasteiger partial charge in [-0.2, -0.15) is 0 Å². The third-order valence-electron chi connectivity index (χ3n) is 3.46. The maximum Gasteiger partial charge on any atom is 0.276 e. The predicted molar refractivity (Wildman–Crippen MR) is 96.7 cm³/mol. The lowest BCUT2D eigenvalue weighted by Gasteiger charge is -2.08. The summed E-state index contributed by atoms with van der Waals surface area (Å²) < 4.78 is 0.835. The number of amides is 2. The zero-order valence-electron chi connectivity index (χ0n) is 13.5. The number of halogens is 1. The van der Waals surface area contributed by atoms with Gasteiger partial charge in [-0.1, -0.05) is 22.0 Å². The van der Waals surface area contributed by atoms with Gasteiger partial charge in [-0.05, 0) is 31.5 Å². The highest BCUT2D eigenvalue weighted by Gasteiger charge is 2.21. The maximum atomic E-state index is 12.5. The van der Waals surface area contributed by atoms with Gasteiger partial charge in [-0.15, -0.1) is 0 Å². The van der Waals surface area contributed by atoms with Gasteiger partial charge in [0.25, 0.3) is 11.8 Å². The second kappa shape index (κ2) is 6.89. The van der Waals surface area contributed by atoms with E-state index >= 15 is 0 Å². The molecular weight excluding hydrogens is 388 g/mol. The molecule has 9 heteroatoms. The predicted octanol–water partition coefficient (Wildman–Crippen LogP) is 3.02. The van der Waals surface area contributed by atoms with Gasteiger partial charge < -0.3 is 15.3 Å². The largest absolute Gasteiger partial charge is 0.340 e. The van der Waals surface area contributed by atoms with Gasteiger partial charge in [0.15, 0.2) is 5.69 Å². The van der Waals surface area contributed by atoms with Crippen LogP contribution < -0.4 is 10.6 Å². The second-order valence-electron chi connectivity index (χ2n) is 5.41. The molecule has 0 saturated heterocycles. The molecular formula is C16H15BrN6O2. The molecule has 0 spiro atoms. The number of H-pyrrole nitrogens is 2. The topological polar surface area (TPSA) is 116 Å². The summed E-state index contributed by atoms with van der Waals surface area (Å²) >= 11 is 3.36. The average molecular weight is 403 g/mol. The Labute approximate surface area is 151 Å². The molecule has 3 aromatic rings. The minimum Gasteiger partial charge on any atom is -0.340 e. The van der Waals surface area contributed by atoms with E-state index in [4.69, 9.17) is 0 Å². The zero-order valence-corrected chi connectivity index (χ0v) is 15.1. The molecule has 8 nitrogen and oxygen atoms in total. The highest BCUT2D eigenvalue weighted by molar-refractivity contribution is 9.10. The molecule has 0 aliphatic heterocycles. The Morgan fingerprint density at radius 3 is 2.64 bits per heavy atom. The Kier molecular flexibility index (Phi) is 4.66. The van der Waals surface area contributed by atoms with Gasteiger partial charge in [0.05, 0.1) is 6.33 Å². The van der Waals surface area contributed by atoms with Crippen molar-refractivity contribution in [1.29, 1.82) is 0 Å². The van der Waals surface area contributed by atoms with Gasteiger partial charge >= 0.3 is 0 Å². The van der Waals surface area contributed by atoms with Crippen LogP contribution in [0.1, 0.15) is 32.2 Å². The Morgan fingerprint density at radius 1 is 1.12 bits per heavy atom. The van der Waals surface area contributed by atoms with Gasteiger partial charge in [0, 0.05) is 22.1 Å². The normalized spacial score (nSPS) is 10.5. The number of carbonyl (C=O) groups is 2. The highest BCUT2D eigenvalue weighted by Crippen LogP contribution is 2.21. The van der Waals surface area contributed by atoms with Crippen molar-refractivity contribution in [2.45, 2.75) is 13.8 Å². The first-order valence-corrected chi connectivity index (χ1v) is 8.17. The molecule has 4 N–H and O–H groups in total. The summed E-state index contributed by atoms with van der Waals surface area (Å²) in [6.45, 7) is 3.69. The first-order chi connectivity index (χ1) is 11.9. The SMILES string of the molecule is Cc1cnc(NC(=O)c2[nH]cnc2C(=O)Nc2cc(Br)ccc2C)[nH]1. The van der Waals surface area contributed by atoms with Crippen molar-refractivity contribution in [3.8, 4) is 0 Å². The van der Waals surface area contributed by atoms with Crippen LogP contribution >= 0.6 is 15.9 Å². The van der Waals surface area contributed by atoms with Crippen LogP contribution in [0.15, 0.2) is 35.2 Å². The van der Waals surface area contributed by atoms with E-state index in [0.29, 0.717) is 11.6 Å². The lowest BCUT2D eigenvalue weighted by molar-refractivity contribution is 0.0985. The maximum absolute atomic E-state index is 12.5. The minimum absolute atomic E-state index is 0.000142. The van der Waals surface area contributed by atoms with Crippen molar-refractivity contribution in [1.82, 2.24) is 19.9 Å². The molecule has 0 bridgehead atoms. The zero-order chi connectivity index (χ0) is 18.0. The van der Waals surface area contributed by atoms with Crippen LogP contribution in [0.25, 0.3) is 0 Å². The molecule has 0 fully saturated rings. The number of imidazole rings is 2. The number of benzene rings is 1. The number of hydrogen-bond donors (Lipinski definition) is 4. The number of aryl methyl sites for hydroxylation is 2. The smallest absolute Gasteiger partial charge is 0.276 e. The molecule has 1 aromatic carbocycles. The summed E-state index contributed by atoms with van der Waals surface area (Å²) in [7, 11) is 0. The van der Waals surface area contributed by atoms with Crippen molar-refractivity contribution < 1.29 is 9.59 Å². The van der Waals surface area contributed by atoms with E-state index in [1.165, 1.54) is 6.33 Å². The van der Waals surface area contributed by atoms with Crippen LogP contribution in [-0.2, 0) is 0 Å². The summed E-state index contributed by atoms with van der Waals surface area (Å²) in [5, 5.41) is 5.34. The monoisotopic (exact) mass is 402 g/mol. The fraction of sp³-hybridized carbons (Fsp3) is 0.125. The van der Waals surface area contributed by atoms with Crippen molar-refractivity contribution in [3.63, 3.8) is 0 Å². The summed E-state index contributed by atoms with van der Waals surface area (Å²) in [4.78, 5) is 38.4. The molecule has 2 amide bonds. The van der Waals surface area contributed by atoms with Crippen LogP contribution in [0.2, 0.25) is 0 Å². The minimum atomic E-state index is -0.511. The van der Waals surface area contributed by atoms with Crippen LogP contribution in [0.4, 0.5) is 11.6 Å². The van der Waals surface area contributed by atoms with Crippen molar-refractivity contribution in [2.75, 3.05) is 10.6 Å². The van der Waals surface area contributed by atoms with Crippen LogP contribution in [0.5, 0.6) is 0 Å². The van der Waals surface area contributed by atoms with Crippen molar-refractivity contribution in [3.05, 3.63) is 57.8 Å².